The van der Waals surface area contributed by atoms with Crippen molar-refractivity contribution >= 4 is 23.5 Å². The number of anilines is 2. The fourth-order valence-corrected chi connectivity index (χ4v) is 11.3. The van der Waals surface area contributed by atoms with Crippen molar-refractivity contribution in [3.8, 4) is 30.0 Å². The van der Waals surface area contributed by atoms with E-state index in [0.717, 1.165) is 124 Å². The van der Waals surface area contributed by atoms with Gasteiger partial charge < -0.3 is 14.5 Å². The maximum absolute atomic E-state index is 10.0. The number of benzene rings is 2. The minimum Gasteiger partial charge on any atom is -0.496 e. The summed E-state index contributed by atoms with van der Waals surface area (Å²) in [6.07, 6.45) is 24.9. The first kappa shape index (κ1) is 39.1. The van der Waals surface area contributed by atoms with Crippen LogP contribution in [0, 0.1) is 62.1 Å². The second-order valence-corrected chi connectivity index (χ2v) is 18.7. The molecule has 0 saturated heterocycles. The molecule has 2 aliphatic carbocycles. The Morgan fingerprint density at radius 2 is 1.31 bits per heavy atom. The highest BCUT2D eigenvalue weighted by molar-refractivity contribution is 5.75. The van der Waals surface area contributed by atoms with Gasteiger partial charge >= 0.3 is 0 Å². The number of ether oxygens (including phenoxy) is 1. The summed E-state index contributed by atoms with van der Waals surface area (Å²) in [4.78, 5) is 5.17. The first-order chi connectivity index (χ1) is 28.0. The summed E-state index contributed by atoms with van der Waals surface area (Å²) in [7, 11) is 1.79. The number of hydrogen-bond donors (Lipinski definition) is 0. The van der Waals surface area contributed by atoms with E-state index in [9.17, 15) is 21.0 Å². The maximum atomic E-state index is 10.0. The van der Waals surface area contributed by atoms with Gasteiger partial charge in [0.15, 0.2) is 0 Å². The molecule has 0 spiro atoms. The van der Waals surface area contributed by atoms with Gasteiger partial charge in [-0.25, -0.2) is 0 Å². The molecule has 2 aromatic rings. The van der Waals surface area contributed by atoms with Crippen LogP contribution in [-0.2, 0) is 25.7 Å². The molecule has 7 heteroatoms. The van der Waals surface area contributed by atoms with Crippen molar-refractivity contribution in [3.63, 3.8) is 0 Å². The number of nitriles is 4. The highest BCUT2D eigenvalue weighted by atomic mass is 16.5. The number of rotatable bonds is 7. The second kappa shape index (κ2) is 15.9. The monoisotopic (exact) mass is 766 g/mol. The Labute approximate surface area is 345 Å². The number of hydrogen-bond acceptors (Lipinski definition) is 7. The smallest absolute Gasteiger partial charge is 0.132 e. The lowest BCUT2D eigenvalue weighted by Crippen LogP contribution is -2.41. The summed E-state index contributed by atoms with van der Waals surface area (Å²) in [5, 5.41) is 39.2. The molecule has 0 amide bonds. The summed E-state index contributed by atoms with van der Waals surface area (Å²) >= 11 is 0. The molecule has 2 atom stereocenters. The molecule has 0 N–H and O–H groups in total. The predicted molar refractivity (Wildman–Crippen MR) is 232 cm³/mol. The highest BCUT2D eigenvalue weighted by Gasteiger charge is 2.37. The van der Waals surface area contributed by atoms with Gasteiger partial charge in [-0.3, -0.25) is 0 Å². The number of allylic oxidation sites excluding steroid dienone is 10. The first-order valence-corrected chi connectivity index (χ1v) is 21.2. The van der Waals surface area contributed by atoms with E-state index < -0.39 is 0 Å². The molecule has 294 valence electrons. The van der Waals surface area contributed by atoms with E-state index >= 15 is 0 Å². The van der Waals surface area contributed by atoms with Gasteiger partial charge in [0.05, 0.1) is 7.11 Å². The van der Waals surface area contributed by atoms with E-state index in [1.54, 1.807) is 7.11 Å². The van der Waals surface area contributed by atoms with E-state index in [-0.39, 0.29) is 22.0 Å². The average Bonchev–Trinajstić information content (AvgIpc) is 3.19. The Kier molecular flexibility index (Phi) is 10.7. The summed E-state index contributed by atoms with van der Waals surface area (Å²) in [5.74, 6) is 1.41. The van der Waals surface area contributed by atoms with Crippen molar-refractivity contribution < 1.29 is 4.74 Å². The van der Waals surface area contributed by atoms with Crippen molar-refractivity contribution in [2.45, 2.75) is 97.8 Å². The Morgan fingerprint density at radius 3 is 2.00 bits per heavy atom. The Balaban J connectivity index is 1.07. The molecule has 7 nitrogen and oxygen atoms in total. The van der Waals surface area contributed by atoms with Gasteiger partial charge in [0.25, 0.3) is 0 Å². The standard InChI is InChI=1S/C51H54N6O/c1-50(2)24-35(20-42(27-50)44(29-52)30-53)12-11-34-18-38-8-6-17-57-33-37(22-41(19-34)47(38)57)26-51(3)25-36(21-43(28-51)45(31-54)32-55)13-14-40-23-39-9-5-15-56-16-7-10-46(48(39)56)49(40)58-4/h11-14,18-21,23,37H,5-10,15-17,22,24-28,33H2,1-4H3/b12-11+,14-13+. The van der Waals surface area contributed by atoms with E-state index in [1.807, 2.05) is 6.08 Å². The van der Waals surface area contributed by atoms with Crippen molar-refractivity contribution in [2.24, 2.45) is 16.7 Å². The van der Waals surface area contributed by atoms with Gasteiger partial charge in [-0.1, -0.05) is 57.2 Å². The zero-order valence-electron chi connectivity index (χ0n) is 34.7. The lowest BCUT2D eigenvalue weighted by atomic mass is 9.67. The van der Waals surface area contributed by atoms with Crippen LogP contribution in [0.25, 0.3) is 12.2 Å². The lowest BCUT2D eigenvalue weighted by molar-refractivity contribution is 0.227. The fraction of sp³-hybridized carbons (Fsp3) is 0.451. The van der Waals surface area contributed by atoms with Gasteiger partial charge in [-0.15, -0.1) is 0 Å². The lowest BCUT2D eigenvalue weighted by Gasteiger charge is -2.44. The molecule has 4 aliphatic heterocycles. The Hall–Kier alpha value is -5.76. The van der Waals surface area contributed by atoms with Crippen LogP contribution in [0.5, 0.6) is 5.75 Å². The van der Waals surface area contributed by atoms with Crippen LogP contribution in [-0.4, -0.2) is 33.3 Å². The molecule has 4 heterocycles. The first-order valence-electron chi connectivity index (χ1n) is 21.2. The molecule has 0 fully saturated rings. The largest absolute Gasteiger partial charge is 0.496 e. The molecule has 6 aliphatic rings. The molecular formula is C51H54N6O. The SMILES string of the molecule is COc1c(/C=C/C2=CC(=C(C#N)C#N)CC(C)(CC3Cc4cc(/C=C/C5=CC(=C(C#N)C#N)CC(C)(C)C5)cc5c4N(CCC5)C3)C2)cc2c3c1CCCN3CCC2. The zero-order valence-corrected chi connectivity index (χ0v) is 34.7. The molecule has 0 radical (unpaired) electrons. The van der Waals surface area contributed by atoms with Crippen LogP contribution in [0.3, 0.4) is 0 Å². The zero-order chi connectivity index (χ0) is 40.6. The average molecular weight is 767 g/mol. The van der Waals surface area contributed by atoms with Crippen molar-refractivity contribution in [1.82, 2.24) is 0 Å². The number of nitrogens with zero attached hydrogens (tertiary/aromatic N) is 6. The third kappa shape index (κ3) is 7.77. The van der Waals surface area contributed by atoms with E-state index in [1.165, 1.54) is 45.6 Å². The molecule has 0 bridgehead atoms. The summed E-state index contributed by atoms with van der Waals surface area (Å²) < 4.78 is 6.11. The third-order valence-corrected chi connectivity index (χ3v) is 13.3. The minimum absolute atomic E-state index is 0.0272. The van der Waals surface area contributed by atoms with Gasteiger partial charge in [-0.2, -0.15) is 21.0 Å². The van der Waals surface area contributed by atoms with Crippen LogP contribution in [0.2, 0.25) is 0 Å². The minimum atomic E-state index is -0.120. The quantitative estimate of drug-likeness (QED) is 0.258. The maximum Gasteiger partial charge on any atom is 0.132 e. The highest BCUT2D eigenvalue weighted by Crippen LogP contribution is 2.49. The third-order valence-electron chi connectivity index (χ3n) is 13.3. The molecular weight excluding hydrogens is 713 g/mol. The van der Waals surface area contributed by atoms with E-state index in [4.69, 9.17) is 4.74 Å². The Bertz CT molecular complexity index is 2370. The molecule has 8 rings (SSSR count). The summed E-state index contributed by atoms with van der Waals surface area (Å²) in [6.45, 7) is 11.1. The van der Waals surface area contributed by atoms with Crippen LogP contribution >= 0.6 is 0 Å². The number of methoxy groups -OCH3 is 1. The summed E-state index contributed by atoms with van der Waals surface area (Å²) in [5.41, 5.74) is 15.0. The molecule has 0 saturated carbocycles. The second-order valence-electron chi connectivity index (χ2n) is 18.7. The van der Waals surface area contributed by atoms with Gasteiger partial charge in [0.1, 0.15) is 41.2 Å². The van der Waals surface area contributed by atoms with Crippen molar-refractivity contribution in [1.29, 1.82) is 21.0 Å². The van der Waals surface area contributed by atoms with Crippen LogP contribution in [0.1, 0.15) is 106 Å². The predicted octanol–water partition coefficient (Wildman–Crippen LogP) is 10.6. The van der Waals surface area contributed by atoms with Crippen LogP contribution in [0.4, 0.5) is 11.4 Å². The van der Waals surface area contributed by atoms with Crippen molar-refractivity contribution in [2.75, 3.05) is 43.1 Å². The Morgan fingerprint density at radius 1 is 0.707 bits per heavy atom. The number of aryl methyl sites for hydroxylation is 2. The van der Waals surface area contributed by atoms with Gasteiger partial charge in [-0.05, 0) is 157 Å². The molecule has 2 aromatic carbocycles. The van der Waals surface area contributed by atoms with Crippen LogP contribution in [0.15, 0.2) is 75.9 Å². The van der Waals surface area contributed by atoms with E-state index in [0.29, 0.717) is 12.3 Å². The summed E-state index contributed by atoms with van der Waals surface area (Å²) in [6, 6.07) is 15.7. The fourth-order valence-electron chi connectivity index (χ4n) is 11.3. The molecule has 58 heavy (non-hydrogen) atoms. The molecule has 2 unspecified atom stereocenters. The van der Waals surface area contributed by atoms with E-state index in [2.05, 4.69) is 103 Å². The van der Waals surface area contributed by atoms with Gasteiger partial charge in [0, 0.05) is 48.7 Å². The van der Waals surface area contributed by atoms with Gasteiger partial charge in [0.2, 0.25) is 0 Å². The van der Waals surface area contributed by atoms with Crippen LogP contribution < -0.4 is 14.5 Å². The normalized spacial score (nSPS) is 23.1. The van der Waals surface area contributed by atoms with Crippen molar-refractivity contribution in [3.05, 3.63) is 109 Å². The molecule has 0 aromatic heterocycles. The topological polar surface area (TPSA) is 111 Å².